The van der Waals surface area contributed by atoms with E-state index in [4.69, 9.17) is 10.5 Å². The van der Waals surface area contributed by atoms with Crippen molar-refractivity contribution in [3.63, 3.8) is 0 Å². The molecule has 18 heavy (non-hydrogen) atoms. The molecule has 0 saturated carbocycles. The summed E-state index contributed by atoms with van der Waals surface area (Å²) < 4.78 is 7.34. The molecular formula is C12H20N4O2. The second-order valence-electron chi connectivity index (χ2n) is 4.49. The Morgan fingerprint density at radius 1 is 1.67 bits per heavy atom. The van der Waals surface area contributed by atoms with E-state index in [1.807, 2.05) is 0 Å². The first-order valence-corrected chi connectivity index (χ1v) is 6.42. The van der Waals surface area contributed by atoms with Crippen LogP contribution in [0.2, 0.25) is 0 Å². The van der Waals surface area contributed by atoms with Crippen molar-refractivity contribution >= 4 is 11.7 Å². The van der Waals surface area contributed by atoms with Crippen molar-refractivity contribution < 1.29 is 9.53 Å². The zero-order valence-corrected chi connectivity index (χ0v) is 10.6. The molecule has 6 heteroatoms. The van der Waals surface area contributed by atoms with Crippen molar-refractivity contribution in [3.05, 3.63) is 12.3 Å². The molecule has 0 bridgehead atoms. The van der Waals surface area contributed by atoms with Crippen LogP contribution in [0, 0.1) is 0 Å². The molecule has 0 unspecified atom stereocenters. The molecule has 2 atom stereocenters. The number of aryl methyl sites for hydroxylation is 1. The van der Waals surface area contributed by atoms with Gasteiger partial charge in [-0.05, 0) is 19.3 Å². The number of ether oxygens (including phenoxy) is 1. The Bertz CT molecular complexity index is 405. The van der Waals surface area contributed by atoms with Crippen LogP contribution >= 0.6 is 0 Å². The zero-order valence-electron chi connectivity index (χ0n) is 10.6. The molecule has 0 radical (unpaired) electrons. The van der Waals surface area contributed by atoms with Gasteiger partial charge in [-0.1, -0.05) is 6.92 Å². The normalized spacial score (nSPS) is 23.2. The minimum Gasteiger partial charge on any atom is -0.364 e. The lowest BCUT2D eigenvalue weighted by atomic mass is 10.2. The molecule has 2 rings (SSSR count). The molecule has 0 aromatic carbocycles. The maximum atomic E-state index is 12.0. The number of nitrogens with two attached hydrogens (primary N) is 1. The highest BCUT2D eigenvalue weighted by molar-refractivity contribution is 5.93. The lowest BCUT2D eigenvalue weighted by Crippen LogP contribution is -2.30. The number of carbonyl (C=O) groups is 1. The predicted octanol–water partition coefficient (Wildman–Crippen LogP) is 0.738. The first-order chi connectivity index (χ1) is 8.74. The van der Waals surface area contributed by atoms with Crippen LogP contribution in [-0.4, -0.2) is 34.4 Å². The third-order valence-corrected chi connectivity index (χ3v) is 3.07. The summed E-state index contributed by atoms with van der Waals surface area (Å²) in [7, 11) is 0. The van der Waals surface area contributed by atoms with E-state index in [1.165, 1.54) is 0 Å². The molecule has 0 spiro atoms. The number of amides is 1. The Labute approximate surface area is 106 Å². The maximum Gasteiger partial charge on any atom is 0.254 e. The van der Waals surface area contributed by atoms with Crippen LogP contribution in [0.3, 0.4) is 0 Å². The maximum absolute atomic E-state index is 12.0. The molecular weight excluding hydrogens is 232 g/mol. The highest BCUT2D eigenvalue weighted by Crippen LogP contribution is 2.20. The van der Waals surface area contributed by atoms with E-state index in [0.29, 0.717) is 6.54 Å². The van der Waals surface area contributed by atoms with E-state index in [0.717, 1.165) is 31.6 Å². The van der Waals surface area contributed by atoms with Crippen LogP contribution in [-0.2, 0) is 16.1 Å². The van der Waals surface area contributed by atoms with Crippen molar-refractivity contribution in [2.24, 2.45) is 5.73 Å². The Morgan fingerprint density at radius 3 is 3.17 bits per heavy atom. The third-order valence-electron chi connectivity index (χ3n) is 3.07. The van der Waals surface area contributed by atoms with E-state index in [1.54, 1.807) is 16.9 Å². The summed E-state index contributed by atoms with van der Waals surface area (Å²) in [6.07, 6.45) is 3.87. The molecule has 6 nitrogen and oxygen atoms in total. The van der Waals surface area contributed by atoms with Gasteiger partial charge in [-0.15, -0.1) is 0 Å². The summed E-state index contributed by atoms with van der Waals surface area (Å²) in [5.74, 6) is 0.616. The van der Waals surface area contributed by atoms with Crippen molar-refractivity contribution in [1.82, 2.24) is 9.78 Å². The Kier molecular flexibility index (Phi) is 4.33. The summed E-state index contributed by atoms with van der Waals surface area (Å²) >= 11 is 0. The Hall–Kier alpha value is -1.40. The Balaban J connectivity index is 1.93. The summed E-state index contributed by atoms with van der Waals surface area (Å²) in [5, 5.41) is 7.02. The van der Waals surface area contributed by atoms with E-state index < -0.39 is 0 Å². The number of nitrogens with zero attached hydrogens (tertiary/aromatic N) is 2. The van der Waals surface area contributed by atoms with Gasteiger partial charge in [-0.25, -0.2) is 4.68 Å². The monoisotopic (exact) mass is 252 g/mol. The molecule has 1 saturated heterocycles. The zero-order chi connectivity index (χ0) is 13.0. The van der Waals surface area contributed by atoms with Crippen LogP contribution < -0.4 is 11.1 Å². The van der Waals surface area contributed by atoms with Gasteiger partial charge < -0.3 is 15.8 Å². The number of hydrogen-bond donors (Lipinski definition) is 2. The fourth-order valence-electron chi connectivity index (χ4n) is 2.11. The number of hydrogen-bond acceptors (Lipinski definition) is 4. The van der Waals surface area contributed by atoms with Gasteiger partial charge in [0.25, 0.3) is 5.91 Å². The molecule has 2 heterocycles. The predicted molar refractivity (Wildman–Crippen MR) is 68.1 cm³/mol. The van der Waals surface area contributed by atoms with Crippen LogP contribution in [0.5, 0.6) is 0 Å². The lowest BCUT2D eigenvalue weighted by molar-refractivity contribution is -0.126. The molecule has 1 aliphatic rings. The van der Waals surface area contributed by atoms with Gasteiger partial charge in [0.05, 0.1) is 12.3 Å². The summed E-state index contributed by atoms with van der Waals surface area (Å²) in [5.41, 5.74) is 5.53. The standard InChI is InChI=1S/C12H20N4O2/c1-2-7-16-11(5-6-14-16)15-12(17)10-4-3-9(8-13)18-10/h5-6,9-10H,2-4,7-8,13H2,1H3,(H,15,17)/t9-,10+/m1/s1. The van der Waals surface area contributed by atoms with Crippen molar-refractivity contribution in [3.8, 4) is 0 Å². The highest BCUT2D eigenvalue weighted by Gasteiger charge is 2.30. The largest absolute Gasteiger partial charge is 0.364 e. The number of nitrogens with one attached hydrogen (secondary N) is 1. The third kappa shape index (κ3) is 2.88. The van der Waals surface area contributed by atoms with Crippen LogP contribution in [0.4, 0.5) is 5.82 Å². The molecule has 1 fully saturated rings. The molecule has 0 aliphatic carbocycles. The van der Waals surface area contributed by atoms with Gasteiger partial charge in [0.2, 0.25) is 0 Å². The molecule has 100 valence electrons. The highest BCUT2D eigenvalue weighted by atomic mass is 16.5. The van der Waals surface area contributed by atoms with E-state index in [9.17, 15) is 4.79 Å². The lowest BCUT2D eigenvalue weighted by Gasteiger charge is -2.13. The second kappa shape index (κ2) is 5.97. The van der Waals surface area contributed by atoms with Crippen molar-refractivity contribution in [2.75, 3.05) is 11.9 Å². The average molecular weight is 252 g/mol. The number of rotatable bonds is 5. The minimum absolute atomic E-state index is 0.0151. The van der Waals surface area contributed by atoms with Crippen LogP contribution in [0.25, 0.3) is 0 Å². The van der Waals surface area contributed by atoms with Gasteiger partial charge in [0, 0.05) is 19.2 Å². The summed E-state index contributed by atoms with van der Waals surface area (Å²) in [6.45, 7) is 3.33. The van der Waals surface area contributed by atoms with Gasteiger partial charge in [-0.2, -0.15) is 5.10 Å². The van der Waals surface area contributed by atoms with Crippen molar-refractivity contribution in [1.29, 1.82) is 0 Å². The number of carbonyl (C=O) groups excluding carboxylic acids is 1. The summed E-state index contributed by atoms with van der Waals surface area (Å²) in [4.78, 5) is 12.0. The molecule has 1 amide bonds. The van der Waals surface area contributed by atoms with Gasteiger partial charge in [0.15, 0.2) is 0 Å². The average Bonchev–Trinajstić information content (AvgIpc) is 2.99. The topological polar surface area (TPSA) is 82.2 Å². The summed E-state index contributed by atoms with van der Waals surface area (Å²) in [6, 6.07) is 1.79. The molecule has 1 aromatic heterocycles. The van der Waals surface area contributed by atoms with E-state index >= 15 is 0 Å². The van der Waals surface area contributed by atoms with E-state index in [-0.39, 0.29) is 18.1 Å². The van der Waals surface area contributed by atoms with E-state index in [2.05, 4.69) is 17.3 Å². The number of aromatic nitrogens is 2. The fourth-order valence-corrected chi connectivity index (χ4v) is 2.11. The SMILES string of the molecule is CCCn1nccc1NC(=O)[C@@H]1CC[C@H](CN)O1. The molecule has 1 aliphatic heterocycles. The Morgan fingerprint density at radius 2 is 2.50 bits per heavy atom. The van der Waals surface area contributed by atoms with Crippen LogP contribution in [0.15, 0.2) is 12.3 Å². The van der Waals surface area contributed by atoms with Crippen LogP contribution in [0.1, 0.15) is 26.2 Å². The fraction of sp³-hybridized carbons (Fsp3) is 0.667. The van der Waals surface area contributed by atoms with Crippen molar-refractivity contribution in [2.45, 2.75) is 44.9 Å². The minimum atomic E-state index is -0.386. The second-order valence-corrected chi connectivity index (χ2v) is 4.49. The molecule has 1 aromatic rings. The van der Waals surface area contributed by atoms with Gasteiger partial charge in [0.1, 0.15) is 11.9 Å². The first kappa shape index (κ1) is 13.0. The first-order valence-electron chi connectivity index (χ1n) is 6.42. The quantitative estimate of drug-likeness (QED) is 0.809. The van der Waals surface area contributed by atoms with Gasteiger partial charge >= 0.3 is 0 Å². The molecule has 3 N–H and O–H groups in total. The van der Waals surface area contributed by atoms with Gasteiger partial charge in [-0.3, -0.25) is 4.79 Å². The number of anilines is 1. The smallest absolute Gasteiger partial charge is 0.254 e.